The van der Waals surface area contributed by atoms with Crippen LogP contribution in [0.25, 0.3) is 0 Å². The number of aliphatic hydroxyl groups is 1. The van der Waals surface area contributed by atoms with E-state index >= 15 is 0 Å². The maximum absolute atomic E-state index is 11.7. The molecule has 0 fully saturated rings. The first-order chi connectivity index (χ1) is 13.5. The zero-order valence-electron chi connectivity index (χ0n) is 17.3. The molecule has 0 unspecified atom stereocenters. The summed E-state index contributed by atoms with van der Waals surface area (Å²) in [5.74, 6) is 1.03. The first-order valence-corrected chi connectivity index (χ1v) is 10.4. The number of fused-ring (bicyclic) bond motifs is 2. The summed E-state index contributed by atoms with van der Waals surface area (Å²) in [5.41, 5.74) is 4.46. The number of hydrogen-bond donors (Lipinski definition) is 1. The fourth-order valence-electron chi connectivity index (χ4n) is 3.44. The van der Waals surface area contributed by atoms with E-state index in [4.69, 9.17) is 9.15 Å². The van der Waals surface area contributed by atoms with Crippen molar-refractivity contribution in [2.24, 2.45) is 5.92 Å². The van der Waals surface area contributed by atoms with Gasteiger partial charge in [0.05, 0.1) is 12.9 Å². The fourth-order valence-corrected chi connectivity index (χ4v) is 3.44. The number of ether oxygens (including phenoxy) is 1. The molecule has 0 aromatic carbocycles. The van der Waals surface area contributed by atoms with E-state index in [0.717, 1.165) is 61.9 Å². The average Bonchev–Trinajstić information content (AvgIpc) is 3.11. The van der Waals surface area contributed by atoms with Crippen LogP contribution in [0.4, 0.5) is 0 Å². The number of aliphatic hydroxyl groups excluding tert-OH is 1. The van der Waals surface area contributed by atoms with E-state index in [1.54, 1.807) is 0 Å². The standard InChI is InChI=1S/C24H34O4/c1-4-6-24(26)28-16-19(3)22-11-9-18(2)13-23-14-21(17-27-23)8-5-7-20(15-25)10-12-22/h7,9,14,17,22,25H,3-6,8,10-13,15-16H2,1-2H3/t22-/m1/s1. The summed E-state index contributed by atoms with van der Waals surface area (Å²) >= 11 is 0. The molecule has 1 N–H and O–H groups in total. The van der Waals surface area contributed by atoms with Crippen molar-refractivity contribution < 1.29 is 19.1 Å². The predicted octanol–water partition coefficient (Wildman–Crippen LogP) is 5.32. The highest BCUT2D eigenvalue weighted by atomic mass is 16.5. The molecule has 0 aliphatic heterocycles. The Labute approximate surface area is 169 Å². The second-order valence-electron chi connectivity index (χ2n) is 7.75. The average molecular weight is 387 g/mol. The van der Waals surface area contributed by atoms with E-state index in [9.17, 15) is 9.90 Å². The van der Waals surface area contributed by atoms with E-state index in [-0.39, 0.29) is 25.1 Å². The van der Waals surface area contributed by atoms with Gasteiger partial charge in [0.1, 0.15) is 12.4 Å². The molecule has 1 aromatic heterocycles. The zero-order chi connectivity index (χ0) is 20.4. The molecule has 0 saturated heterocycles. The van der Waals surface area contributed by atoms with Crippen LogP contribution in [0.5, 0.6) is 0 Å². The van der Waals surface area contributed by atoms with Gasteiger partial charge in [0.25, 0.3) is 0 Å². The molecule has 1 aliphatic carbocycles. The fraction of sp³-hybridized carbons (Fsp3) is 0.542. The molecule has 0 spiro atoms. The molecule has 28 heavy (non-hydrogen) atoms. The van der Waals surface area contributed by atoms with Gasteiger partial charge in [-0.2, -0.15) is 0 Å². The van der Waals surface area contributed by atoms with Crippen molar-refractivity contribution in [3.63, 3.8) is 0 Å². The number of carbonyl (C=O) groups is 1. The first kappa shape index (κ1) is 22.2. The Morgan fingerprint density at radius 1 is 1.36 bits per heavy atom. The van der Waals surface area contributed by atoms with Gasteiger partial charge in [-0.15, -0.1) is 0 Å². The normalized spacial score (nSPS) is 18.6. The summed E-state index contributed by atoms with van der Waals surface area (Å²) in [4.78, 5) is 11.7. The third-order valence-electron chi connectivity index (χ3n) is 5.25. The van der Waals surface area contributed by atoms with Crippen LogP contribution in [0.3, 0.4) is 0 Å². The van der Waals surface area contributed by atoms with Crippen molar-refractivity contribution >= 4 is 5.97 Å². The Hall–Kier alpha value is -2.07. The number of hydrogen-bond acceptors (Lipinski definition) is 4. The highest BCUT2D eigenvalue weighted by Gasteiger charge is 2.15. The molecule has 0 radical (unpaired) electrons. The van der Waals surface area contributed by atoms with Gasteiger partial charge in [0, 0.05) is 12.8 Å². The van der Waals surface area contributed by atoms with Crippen molar-refractivity contribution in [1.82, 2.24) is 0 Å². The van der Waals surface area contributed by atoms with Gasteiger partial charge < -0.3 is 14.3 Å². The van der Waals surface area contributed by atoms with Gasteiger partial charge in [-0.05, 0) is 74.1 Å². The van der Waals surface area contributed by atoms with E-state index in [2.05, 4.69) is 31.7 Å². The molecule has 4 nitrogen and oxygen atoms in total. The number of aryl methyl sites for hydroxylation is 1. The van der Waals surface area contributed by atoms with E-state index in [1.165, 1.54) is 11.1 Å². The van der Waals surface area contributed by atoms with Gasteiger partial charge in [-0.25, -0.2) is 0 Å². The van der Waals surface area contributed by atoms with Crippen LogP contribution in [0.15, 0.2) is 52.2 Å². The van der Waals surface area contributed by atoms with Crippen molar-refractivity contribution in [3.8, 4) is 0 Å². The summed E-state index contributed by atoms with van der Waals surface area (Å²) in [6.07, 6.45) is 12.6. The van der Waals surface area contributed by atoms with Crippen molar-refractivity contribution in [1.29, 1.82) is 0 Å². The predicted molar refractivity (Wildman–Crippen MR) is 112 cm³/mol. The summed E-state index contributed by atoms with van der Waals surface area (Å²) in [6, 6.07) is 2.12. The number of rotatable bonds is 6. The minimum absolute atomic E-state index is 0.0795. The molecule has 1 aromatic rings. The molecular formula is C24H34O4. The van der Waals surface area contributed by atoms with E-state index in [1.807, 2.05) is 13.2 Å². The minimum Gasteiger partial charge on any atom is -0.469 e. The number of carbonyl (C=O) groups excluding carboxylic acids is 1. The molecule has 1 atom stereocenters. The number of furan rings is 1. The lowest BCUT2D eigenvalue weighted by Crippen LogP contribution is -2.13. The molecule has 4 heteroatoms. The van der Waals surface area contributed by atoms with Crippen LogP contribution in [-0.2, 0) is 22.4 Å². The summed E-state index contributed by atoms with van der Waals surface area (Å²) in [7, 11) is 0. The molecule has 2 rings (SSSR count). The Balaban J connectivity index is 2.10. The van der Waals surface area contributed by atoms with Crippen molar-refractivity contribution in [2.45, 2.75) is 65.2 Å². The minimum atomic E-state index is -0.166. The third kappa shape index (κ3) is 7.51. The second-order valence-corrected chi connectivity index (χ2v) is 7.75. The molecule has 1 aliphatic rings. The molecule has 154 valence electrons. The van der Waals surface area contributed by atoms with Crippen LogP contribution in [-0.4, -0.2) is 24.3 Å². The van der Waals surface area contributed by atoms with Gasteiger partial charge in [0.15, 0.2) is 0 Å². The Morgan fingerprint density at radius 2 is 2.18 bits per heavy atom. The molecule has 2 bridgehead atoms. The summed E-state index contributed by atoms with van der Waals surface area (Å²) in [5, 5.41) is 9.71. The van der Waals surface area contributed by atoms with Crippen LogP contribution in [0.1, 0.15) is 63.7 Å². The smallest absolute Gasteiger partial charge is 0.306 e. The summed E-state index contributed by atoms with van der Waals surface area (Å²) < 4.78 is 11.1. The van der Waals surface area contributed by atoms with Gasteiger partial charge in [0.2, 0.25) is 0 Å². The van der Waals surface area contributed by atoms with Crippen LogP contribution in [0.2, 0.25) is 0 Å². The Morgan fingerprint density at radius 3 is 2.93 bits per heavy atom. The molecule has 1 heterocycles. The molecule has 0 saturated carbocycles. The highest BCUT2D eigenvalue weighted by Crippen LogP contribution is 2.25. The lowest BCUT2D eigenvalue weighted by molar-refractivity contribution is -0.142. The van der Waals surface area contributed by atoms with Gasteiger partial charge in [-0.1, -0.05) is 31.2 Å². The lowest BCUT2D eigenvalue weighted by atomic mass is 9.89. The van der Waals surface area contributed by atoms with Gasteiger partial charge in [-0.3, -0.25) is 4.79 Å². The van der Waals surface area contributed by atoms with Crippen LogP contribution in [0, 0.1) is 5.92 Å². The third-order valence-corrected chi connectivity index (χ3v) is 5.25. The van der Waals surface area contributed by atoms with Crippen molar-refractivity contribution in [3.05, 3.63) is 59.1 Å². The molecular weight excluding hydrogens is 352 g/mol. The van der Waals surface area contributed by atoms with Gasteiger partial charge >= 0.3 is 5.97 Å². The maximum atomic E-state index is 11.7. The second kappa shape index (κ2) is 11.7. The monoisotopic (exact) mass is 386 g/mol. The number of esters is 1. The van der Waals surface area contributed by atoms with E-state index < -0.39 is 0 Å². The highest BCUT2D eigenvalue weighted by molar-refractivity contribution is 5.69. The zero-order valence-corrected chi connectivity index (χ0v) is 17.3. The number of allylic oxidation sites excluding steroid dienone is 3. The maximum Gasteiger partial charge on any atom is 0.306 e. The summed E-state index contributed by atoms with van der Waals surface area (Å²) in [6.45, 7) is 8.63. The molecule has 0 amide bonds. The van der Waals surface area contributed by atoms with Crippen LogP contribution >= 0.6 is 0 Å². The Kier molecular flexibility index (Phi) is 9.29. The topological polar surface area (TPSA) is 59.7 Å². The Bertz CT molecular complexity index is 708. The van der Waals surface area contributed by atoms with E-state index in [0.29, 0.717) is 6.42 Å². The van der Waals surface area contributed by atoms with Crippen LogP contribution < -0.4 is 0 Å². The largest absolute Gasteiger partial charge is 0.469 e. The lowest BCUT2D eigenvalue weighted by Gasteiger charge is -2.19. The SMILES string of the molecule is C=C(COC(=O)CCC)[C@@H]1CC=C(C)Cc2cc(co2)CCC=C(CO)CC1. The van der Waals surface area contributed by atoms with Crippen molar-refractivity contribution in [2.75, 3.05) is 13.2 Å². The quantitative estimate of drug-likeness (QED) is 0.531. The first-order valence-electron chi connectivity index (χ1n) is 10.4.